The molecule has 5 heteroatoms. The van der Waals surface area contributed by atoms with Crippen LogP contribution in [-0.2, 0) is 4.79 Å². The summed E-state index contributed by atoms with van der Waals surface area (Å²) in [7, 11) is 1.71. The average molecular weight is 245 g/mol. The monoisotopic (exact) mass is 245 g/mol. The first-order valence-electron chi connectivity index (χ1n) is 5.64. The molecule has 0 unspecified atom stereocenters. The van der Waals surface area contributed by atoms with Crippen molar-refractivity contribution in [3.05, 3.63) is 36.0 Å². The Kier molecular flexibility index (Phi) is 3.32. The number of nitrogens with zero attached hydrogens (tertiary/aromatic N) is 1. The number of fused-ring (bicyclic) bond motifs is 1. The molecule has 18 heavy (non-hydrogen) atoms. The molecule has 5 nitrogen and oxygen atoms in total. The zero-order valence-corrected chi connectivity index (χ0v) is 10.1. The molecule has 3 N–H and O–H groups in total. The third kappa shape index (κ3) is 2.20. The van der Waals surface area contributed by atoms with Crippen molar-refractivity contribution >= 4 is 17.3 Å². The zero-order valence-electron chi connectivity index (χ0n) is 10.1. The van der Waals surface area contributed by atoms with Gasteiger partial charge in [-0.25, -0.2) is 0 Å². The van der Waals surface area contributed by atoms with Crippen LogP contribution in [0.4, 0.5) is 5.69 Å². The first-order valence-corrected chi connectivity index (χ1v) is 5.64. The molecule has 0 bridgehead atoms. The summed E-state index contributed by atoms with van der Waals surface area (Å²) < 4.78 is 5.51. The highest BCUT2D eigenvalue weighted by Gasteiger charge is 2.20. The quantitative estimate of drug-likeness (QED) is 0.770. The Labute approximate surface area is 105 Å². The Balaban J connectivity index is 2.44. The largest absolute Gasteiger partial charge is 0.491 e. The number of ether oxygens (including phenoxy) is 1. The molecule has 1 aromatic rings. The van der Waals surface area contributed by atoms with Crippen molar-refractivity contribution in [3.8, 4) is 5.75 Å². The number of carbonyl (C=O) groups is 1. The lowest BCUT2D eigenvalue weighted by atomic mass is 10.1. The number of allylic oxidation sites excluding steroid dienone is 1. The number of hydrogen-bond acceptors (Lipinski definition) is 4. The molecule has 94 valence electrons. The molecule has 0 atom stereocenters. The van der Waals surface area contributed by atoms with E-state index in [9.17, 15) is 4.79 Å². The van der Waals surface area contributed by atoms with Gasteiger partial charge in [-0.2, -0.15) is 0 Å². The molecule has 0 fully saturated rings. The normalized spacial score (nSPS) is 15.2. The molecule has 1 amide bonds. The fraction of sp³-hybridized carbons (Fsp3) is 0.231. The number of anilines is 1. The van der Waals surface area contributed by atoms with Gasteiger partial charge < -0.3 is 20.8 Å². The van der Waals surface area contributed by atoms with Crippen LogP contribution in [0, 0.1) is 5.41 Å². The van der Waals surface area contributed by atoms with Crippen LogP contribution < -0.4 is 15.4 Å². The van der Waals surface area contributed by atoms with Crippen molar-refractivity contribution in [2.24, 2.45) is 5.73 Å². The van der Waals surface area contributed by atoms with E-state index in [1.165, 1.54) is 12.3 Å². The van der Waals surface area contributed by atoms with E-state index in [0.29, 0.717) is 35.7 Å². The van der Waals surface area contributed by atoms with Gasteiger partial charge in [0.05, 0.1) is 24.4 Å². The Hall–Kier alpha value is -2.30. The van der Waals surface area contributed by atoms with E-state index < -0.39 is 0 Å². The van der Waals surface area contributed by atoms with Crippen molar-refractivity contribution in [3.63, 3.8) is 0 Å². The summed E-state index contributed by atoms with van der Waals surface area (Å²) in [6, 6.07) is 5.32. The minimum atomic E-state index is 0.00629. The van der Waals surface area contributed by atoms with Gasteiger partial charge in [0, 0.05) is 12.6 Å². The fourth-order valence-corrected chi connectivity index (χ4v) is 1.81. The van der Waals surface area contributed by atoms with Crippen LogP contribution in [-0.4, -0.2) is 25.3 Å². The maximum absolute atomic E-state index is 11.7. The van der Waals surface area contributed by atoms with E-state index in [2.05, 4.69) is 0 Å². The second kappa shape index (κ2) is 4.91. The second-order valence-electron chi connectivity index (χ2n) is 4.01. The van der Waals surface area contributed by atoms with Crippen LogP contribution in [0.2, 0.25) is 0 Å². The summed E-state index contributed by atoms with van der Waals surface area (Å²) in [4.78, 5) is 13.3. The number of nitrogens with two attached hydrogens (primary N) is 1. The standard InChI is InChI=1S/C13H15N3O2/c1-16-11-8-9(10(15)4-6-14)2-3-12(11)18-7-5-13(16)17/h2-4,6,8,15H,5,7,14H2,1H3/b6-4-,15-10?. The number of hydrogen-bond donors (Lipinski definition) is 2. The molecule has 1 heterocycles. The molecule has 0 aliphatic carbocycles. The molecule has 0 radical (unpaired) electrons. The highest BCUT2D eigenvalue weighted by molar-refractivity contribution is 6.08. The van der Waals surface area contributed by atoms with Crippen LogP contribution in [0.3, 0.4) is 0 Å². The van der Waals surface area contributed by atoms with Gasteiger partial charge in [0.15, 0.2) is 0 Å². The minimum Gasteiger partial charge on any atom is -0.491 e. The van der Waals surface area contributed by atoms with Gasteiger partial charge in [-0.05, 0) is 30.5 Å². The van der Waals surface area contributed by atoms with Gasteiger partial charge in [-0.15, -0.1) is 0 Å². The molecule has 1 aromatic carbocycles. The van der Waals surface area contributed by atoms with E-state index in [1.54, 1.807) is 30.1 Å². The van der Waals surface area contributed by atoms with Crippen LogP contribution in [0.15, 0.2) is 30.5 Å². The van der Waals surface area contributed by atoms with Gasteiger partial charge in [0.2, 0.25) is 5.91 Å². The predicted molar refractivity (Wildman–Crippen MR) is 70.1 cm³/mol. The molecule has 0 saturated carbocycles. The Morgan fingerprint density at radius 2 is 2.33 bits per heavy atom. The summed E-state index contributed by atoms with van der Waals surface area (Å²) in [5.41, 5.74) is 6.95. The molecule has 0 spiro atoms. The van der Waals surface area contributed by atoms with Gasteiger partial charge in [0.1, 0.15) is 5.75 Å². The molecule has 1 aliphatic heterocycles. The molecule has 0 aromatic heterocycles. The molecular formula is C13H15N3O2. The van der Waals surface area contributed by atoms with Gasteiger partial charge >= 0.3 is 0 Å². The topological polar surface area (TPSA) is 79.4 Å². The van der Waals surface area contributed by atoms with Crippen LogP contribution in [0.5, 0.6) is 5.75 Å². The number of benzene rings is 1. The first-order chi connectivity index (χ1) is 8.63. The van der Waals surface area contributed by atoms with Crippen LogP contribution in [0.25, 0.3) is 0 Å². The summed E-state index contributed by atoms with van der Waals surface area (Å²) >= 11 is 0. The third-order valence-electron chi connectivity index (χ3n) is 2.84. The zero-order chi connectivity index (χ0) is 13.1. The van der Waals surface area contributed by atoms with Gasteiger partial charge in [-0.3, -0.25) is 4.79 Å². The van der Waals surface area contributed by atoms with Crippen molar-refractivity contribution in [2.75, 3.05) is 18.6 Å². The maximum atomic E-state index is 11.7. The maximum Gasteiger partial charge on any atom is 0.230 e. The van der Waals surface area contributed by atoms with Crippen LogP contribution in [0.1, 0.15) is 12.0 Å². The molecule has 2 rings (SSSR count). The van der Waals surface area contributed by atoms with E-state index >= 15 is 0 Å². The predicted octanol–water partition coefficient (Wildman–Crippen LogP) is 1.27. The first kappa shape index (κ1) is 12.2. The highest BCUT2D eigenvalue weighted by atomic mass is 16.5. The highest BCUT2D eigenvalue weighted by Crippen LogP contribution is 2.31. The number of rotatable bonds is 2. The summed E-state index contributed by atoms with van der Waals surface area (Å²) in [6.07, 6.45) is 3.18. The summed E-state index contributed by atoms with van der Waals surface area (Å²) in [6.45, 7) is 0.385. The lowest BCUT2D eigenvalue weighted by Crippen LogP contribution is -2.25. The van der Waals surface area contributed by atoms with Crippen molar-refractivity contribution in [2.45, 2.75) is 6.42 Å². The Bertz CT molecular complexity index is 523. The average Bonchev–Trinajstić information content (AvgIpc) is 2.50. The summed E-state index contributed by atoms with van der Waals surface area (Å²) in [5, 5.41) is 7.81. The number of carbonyl (C=O) groups excluding carboxylic acids is 1. The molecular weight excluding hydrogens is 230 g/mol. The number of nitrogens with one attached hydrogen (secondary N) is 1. The van der Waals surface area contributed by atoms with Crippen molar-refractivity contribution in [1.82, 2.24) is 0 Å². The third-order valence-corrected chi connectivity index (χ3v) is 2.84. The van der Waals surface area contributed by atoms with E-state index in [1.807, 2.05) is 0 Å². The SMILES string of the molecule is CN1C(=O)CCOc2ccc(C(=N)/C=C\N)cc21. The minimum absolute atomic E-state index is 0.00629. The van der Waals surface area contributed by atoms with Gasteiger partial charge in [-0.1, -0.05) is 0 Å². The Morgan fingerprint density at radius 1 is 1.56 bits per heavy atom. The van der Waals surface area contributed by atoms with E-state index in [4.69, 9.17) is 15.9 Å². The molecule has 1 aliphatic rings. The lowest BCUT2D eigenvalue weighted by molar-refractivity contribution is -0.118. The van der Waals surface area contributed by atoms with E-state index in [0.717, 1.165) is 0 Å². The van der Waals surface area contributed by atoms with Crippen molar-refractivity contribution in [1.29, 1.82) is 5.41 Å². The smallest absolute Gasteiger partial charge is 0.230 e. The summed E-state index contributed by atoms with van der Waals surface area (Å²) in [5.74, 6) is 0.670. The second-order valence-corrected chi connectivity index (χ2v) is 4.01. The van der Waals surface area contributed by atoms with E-state index in [-0.39, 0.29) is 5.91 Å². The van der Waals surface area contributed by atoms with Crippen molar-refractivity contribution < 1.29 is 9.53 Å². The number of amides is 1. The van der Waals surface area contributed by atoms with Crippen LogP contribution >= 0.6 is 0 Å². The Morgan fingerprint density at radius 3 is 3.06 bits per heavy atom. The lowest BCUT2D eigenvalue weighted by Gasteiger charge is -2.17. The van der Waals surface area contributed by atoms with Gasteiger partial charge in [0.25, 0.3) is 0 Å². The molecule has 0 saturated heterocycles. The fourth-order valence-electron chi connectivity index (χ4n) is 1.81.